The molecule has 0 saturated carbocycles. The van der Waals surface area contributed by atoms with Crippen LogP contribution in [0.15, 0.2) is 41.3 Å². The van der Waals surface area contributed by atoms with E-state index in [0.717, 1.165) is 50.9 Å². The van der Waals surface area contributed by atoms with Crippen LogP contribution in [0.4, 0.5) is 10.1 Å². The van der Waals surface area contributed by atoms with Crippen LogP contribution in [0.1, 0.15) is 48.0 Å². The Morgan fingerprint density at radius 1 is 1.00 bits per heavy atom. The predicted molar refractivity (Wildman–Crippen MR) is 129 cm³/mol. The molecule has 7 nitrogen and oxygen atoms in total. The summed E-state index contributed by atoms with van der Waals surface area (Å²) in [6, 6.07) is 9.49. The van der Waals surface area contributed by atoms with Crippen molar-refractivity contribution in [2.45, 2.75) is 43.5 Å². The maximum absolute atomic E-state index is 14.1. The van der Waals surface area contributed by atoms with Gasteiger partial charge in [0.05, 0.1) is 17.6 Å². The summed E-state index contributed by atoms with van der Waals surface area (Å²) in [5.74, 6) is -0.647. The van der Waals surface area contributed by atoms with Crippen molar-refractivity contribution in [3.05, 3.63) is 53.3 Å². The number of methoxy groups -OCH3 is 1. The number of ether oxygens (including phenoxy) is 1. The van der Waals surface area contributed by atoms with Gasteiger partial charge in [-0.25, -0.2) is 12.8 Å². The second kappa shape index (κ2) is 10.3. The van der Waals surface area contributed by atoms with Gasteiger partial charge in [-0.3, -0.25) is 4.79 Å². The Bertz CT molecular complexity index is 1140. The monoisotopic (exact) mass is 489 g/mol. The molecule has 2 aliphatic heterocycles. The molecule has 0 radical (unpaired) electrons. The van der Waals surface area contributed by atoms with E-state index >= 15 is 0 Å². The van der Waals surface area contributed by atoms with Crippen molar-refractivity contribution in [1.29, 1.82) is 0 Å². The van der Waals surface area contributed by atoms with E-state index in [4.69, 9.17) is 4.74 Å². The summed E-state index contributed by atoms with van der Waals surface area (Å²) in [5.41, 5.74) is 1.72. The zero-order valence-corrected chi connectivity index (χ0v) is 20.6. The van der Waals surface area contributed by atoms with Crippen LogP contribution in [0.25, 0.3) is 0 Å². The van der Waals surface area contributed by atoms with Crippen molar-refractivity contribution in [2.24, 2.45) is 0 Å². The number of anilines is 1. The van der Waals surface area contributed by atoms with Gasteiger partial charge in [0.2, 0.25) is 10.0 Å². The molecule has 0 N–H and O–H groups in total. The van der Waals surface area contributed by atoms with E-state index in [1.807, 2.05) is 0 Å². The van der Waals surface area contributed by atoms with Crippen LogP contribution >= 0.6 is 0 Å². The highest BCUT2D eigenvalue weighted by atomic mass is 32.2. The minimum Gasteiger partial charge on any atom is -0.494 e. The van der Waals surface area contributed by atoms with Gasteiger partial charge in [-0.2, -0.15) is 4.31 Å². The highest BCUT2D eigenvalue weighted by molar-refractivity contribution is 7.89. The number of nitrogens with zero attached hydrogens (tertiary/aromatic N) is 3. The van der Waals surface area contributed by atoms with Crippen LogP contribution in [0.5, 0.6) is 5.75 Å². The predicted octanol–water partition coefficient (Wildman–Crippen LogP) is 3.88. The number of rotatable bonds is 7. The normalized spacial score (nSPS) is 17.1. The fraction of sp³-hybridized carbons (Fsp3) is 0.480. The van der Waals surface area contributed by atoms with Crippen molar-refractivity contribution >= 4 is 21.6 Å². The summed E-state index contributed by atoms with van der Waals surface area (Å²) in [4.78, 5) is 17.3. The van der Waals surface area contributed by atoms with Crippen molar-refractivity contribution in [1.82, 2.24) is 9.21 Å². The maximum atomic E-state index is 14.1. The highest BCUT2D eigenvalue weighted by Gasteiger charge is 2.29. The summed E-state index contributed by atoms with van der Waals surface area (Å²) >= 11 is 0. The first-order valence-electron chi connectivity index (χ1n) is 11.8. The molecule has 0 bridgehead atoms. The van der Waals surface area contributed by atoms with E-state index in [1.54, 1.807) is 25.2 Å². The largest absolute Gasteiger partial charge is 0.494 e. The van der Waals surface area contributed by atoms with Crippen LogP contribution in [0.2, 0.25) is 0 Å². The molecule has 0 spiro atoms. The van der Waals surface area contributed by atoms with Gasteiger partial charge in [-0.1, -0.05) is 12.5 Å². The Morgan fingerprint density at radius 3 is 2.32 bits per heavy atom. The molecular weight excluding hydrogens is 457 g/mol. The smallest absolute Gasteiger partial charge is 0.256 e. The molecule has 34 heavy (non-hydrogen) atoms. The number of halogens is 1. The third kappa shape index (κ3) is 5.05. The van der Waals surface area contributed by atoms with E-state index < -0.39 is 15.8 Å². The molecule has 2 aromatic carbocycles. The lowest BCUT2D eigenvalue weighted by atomic mass is 10.1. The molecule has 0 unspecified atom stereocenters. The zero-order valence-electron chi connectivity index (χ0n) is 19.8. The number of carbonyl (C=O) groups excluding carboxylic acids is 1. The van der Waals surface area contributed by atoms with Crippen molar-refractivity contribution in [3.8, 4) is 5.75 Å². The highest BCUT2D eigenvalue weighted by Crippen LogP contribution is 2.30. The standard InChI is InChI=1S/C25H32FN3O4S/c1-27(18-19-8-11-24(33-2)22(26)16-19)25(30)21-17-20(9-10-23(21)28-12-6-7-13-28)34(31,32)29-14-4-3-5-15-29/h8-11,16-17H,3-7,12-15,18H2,1-2H3. The average molecular weight is 490 g/mol. The summed E-state index contributed by atoms with van der Waals surface area (Å²) in [6.07, 6.45) is 4.78. The number of sulfonamides is 1. The van der Waals surface area contributed by atoms with Crippen molar-refractivity contribution < 1.29 is 22.3 Å². The average Bonchev–Trinajstić information content (AvgIpc) is 3.39. The second-order valence-corrected chi connectivity index (χ2v) is 10.9. The van der Waals surface area contributed by atoms with E-state index in [1.165, 1.54) is 34.5 Å². The van der Waals surface area contributed by atoms with E-state index in [0.29, 0.717) is 24.2 Å². The number of amides is 1. The van der Waals surface area contributed by atoms with Crippen molar-refractivity contribution in [3.63, 3.8) is 0 Å². The van der Waals surface area contributed by atoms with Gasteiger partial charge >= 0.3 is 0 Å². The molecular formula is C25H32FN3O4S. The lowest BCUT2D eigenvalue weighted by Gasteiger charge is -2.28. The van der Waals surface area contributed by atoms with Gasteiger partial charge in [-0.05, 0) is 61.6 Å². The Hall–Kier alpha value is -2.65. The molecule has 1 amide bonds. The SMILES string of the molecule is COc1ccc(CN(C)C(=O)c2cc(S(=O)(=O)N3CCCCC3)ccc2N2CCCC2)cc1F. The first-order valence-corrected chi connectivity index (χ1v) is 13.2. The zero-order chi connectivity index (χ0) is 24.3. The topological polar surface area (TPSA) is 70.2 Å². The number of piperidine rings is 1. The lowest BCUT2D eigenvalue weighted by Crippen LogP contribution is -2.36. The number of benzene rings is 2. The van der Waals surface area contributed by atoms with E-state index in [-0.39, 0.29) is 23.1 Å². The Kier molecular flexibility index (Phi) is 7.42. The molecule has 0 aliphatic carbocycles. The van der Waals surface area contributed by atoms with Gasteiger partial charge < -0.3 is 14.5 Å². The van der Waals surface area contributed by atoms with Gasteiger partial charge in [0.15, 0.2) is 11.6 Å². The van der Waals surface area contributed by atoms with E-state index in [9.17, 15) is 17.6 Å². The Morgan fingerprint density at radius 2 is 1.68 bits per heavy atom. The first-order chi connectivity index (χ1) is 16.3. The molecule has 2 saturated heterocycles. The fourth-order valence-electron chi connectivity index (χ4n) is 4.69. The first kappa shape index (κ1) is 24.5. The van der Waals surface area contributed by atoms with Gasteiger partial charge in [0.1, 0.15) is 0 Å². The number of hydrogen-bond donors (Lipinski definition) is 0. The fourth-order valence-corrected chi connectivity index (χ4v) is 6.24. The third-order valence-corrected chi connectivity index (χ3v) is 8.48. The maximum Gasteiger partial charge on any atom is 0.256 e. The molecule has 2 fully saturated rings. The Balaban J connectivity index is 1.65. The number of hydrogen-bond acceptors (Lipinski definition) is 5. The number of carbonyl (C=O) groups is 1. The molecule has 2 aromatic rings. The third-order valence-electron chi connectivity index (χ3n) is 6.58. The van der Waals surface area contributed by atoms with Crippen LogP contribution in [0.3, 0.4) is 0 Å². The second-order valence-electron chi connectivity index (χ2n) is 8.97. The summed E-state index contributed by atoms with van der Waals surface area (Å²) in [6.45, 7) is 2.84. The quantitative estimate of drug-likeness (QED) is 0.590. The molecule has 0 atom stereocenters. The van der Waals surface area contributed by atoms with Crippen molar-refractivity contribution in [2.75, 3.05) is 45.2 Å². The van der Waals surface area contributed by atoms with Gasteiger partial charge in [-0.15, -0.1) is 0 Å². The Labute approximate surface area is 201 Å². The van der Waals surface area contributed by atoms with Crippen LogP contribution in [-0.4, -0.2) is 63.9 Å². The van der Waals surface area contributed by atoms with E-state index in [2.05, 4.69) is 4.90 Å². The molecule has 184 valence electrons. The van der Waals surface area contributed by atoms with Gasteiger partial charge in [0, 0.05) is 45.5 Å². The van der Waals surface area contributed by atoms with Crippen LogP contribution in [0, 0.1) is 5.82 Å². The lowest BCUT2D eigenvalue weighted by molar-refractivity contribution is 0.0785. The molecule has 4 rings (SSSR count). The minimum absolute atomic E-state index is 0.143. The summed E-state index contributed by atoms with van der Waals surface area (Å²) in [7, 11) is -0.631. The molecule has 9 heteroatoms. The van der Waals surface area contributed by atoms with Crippen LogP contribution in [-0.2, 0) is 16.6 Å². The summed E-state index contributed by atoms with van der Waals surface area (Å²) < 4.78 is 47.2. The minimum atomic E-state index is -3.68. The van der Waals surface area contributed by atoms with Gasteiger partial charge in [0.25, 0.3) is 5.91 Å². The molecule has 2 heterocycles. The molecule has 2 aliphatic rings. The van der Waals surface area contributed by atoms with Crippen LogP contribution < -0.4 is 9.64 Å². The summed E-state index contributed by atoms with van der Waals surface area (Å²) in [5, 5.41) is 0. The molecule has 0 aromatic heterocycles.